The van der Waals surface area contributed by atoms with E-state index in [1.165, 1.54) is 6.20 Å². The lowest BCUT2D eigenvalue weighted by molar-refractivity contribution is -0.141. The number of anilines is 1. The Morgan fingerprint density at radius 3 is 2.67 bits per heavy atom. The summed E-state index contributed by atoms with van der Waals surface area (Å²) in [5, 5.41) is 0. The Labute approximate surface area is 104 Å². The van der Waals surface area contributed by atoms with E-state index in [1.807, 2.05) is 11.8 Å². The Balaban J connectivity index is 2.27. The van der Waals surface area contributed by atoms with Crippen LogP contribution in [0.25, 0.3) is 0 Å². The molecule has 0 amide bonds. The van der Waals surface area contributed by atoms with E-state index >= 15 is 0 Å². The van der Waals surface area contributed by atoms with E-state index in [-0.39, 0.29) is 12.0 Å². The molecule has 0 saturated carbocycles. The molecule has 1 aliphatic heterocycles. The highest BCUT2D eigenvalue weighted by Crippen LogP contribution is 2.30. The van der Waals surface area contributed by atoms with Crippen LogP contribution < -0.4 is 4.90 Å². The van der Waals surface area contributed by atoms with Crippen molar-refractivity contribution in [3.63, 3.8) is 0 Å². The van der Waals surface area contributed by atoms with Gasteiger partial charge in [0.1, 0.15) is 5.69 Å². The third-order valence-corrected chi connectivity index (χ3v) is 3.31. The minimum Gasteiger partial charge on any atom is -0.338 e. The zero-order valence-electron chi connectivity index (χ0n) is 10.4. The molecule has 1 fully saturated rings. The number of alkyl halides is 3. The largest absolute Gasteiger partial charge is 0.433 e. The van der Waals surface area contributed by atoms with E-state index in [1.54, 1.807) is 0 Å². The quantitative estimate of drug-likeness (QED) is 0.776. The van der Waals surface area contributed by atoms with Gasteiger partial charge in [0.25, 0.3) is 0 Å². The average molecular weight is 259 g/mol. The molecule has 0 spiro atoms. The first-order valence-corrected chi connectivity index (χ1v) is 6.05. The van der Waals surface area contributed by atoms with Gasteiger partial charge in [-0.1, -0.05) is 6.92 Å². The monoisotopic (exact) mass is 259 g/mol. The molecule has 18 heavy (non-hydrogen) atoms. The van der Waals surface area contributed by atoms with Crippen molar-refractivity contribution in [1.82, 2.24) is 9.97 Å². The van der Waals surface area contributed by atoms with Crippen molar-refractivity contribution in [3.05, 3.63) is 18.0 Å². The lowest BCUT2D eigenvalue weighted by Gasteiger charge is -2.36. The molecule has 6 heteroatoms. The van der Waals surface area contributed by atoms with E-state index in [4.69, 9.17) is 0 Å². The minimum absolute atomic E-state index is 0.184. The van der Waals surface area contributed by atoms with Crippen molar-refractivity contribution in [3.8, 4) is 0 Å². The molecular formula is C12H16F3N3. The lowest BCUT2D eigenvalue weighted by Crippen LogP contribution is -2.42. The van der Waals surface area contributed by atoms with E-state index in [0.717, 1.165) is 18.9 Å². The van der Waals surface area contributed by atoms with Gasteiger partial charge in [0.2, 0.25) is 5.95 Å². The number of rotatable bonds is 1. The normalized spacial score (nSPS) is 25.3. The van der Waals surface area contributed by atoms with Gasteiger partial charge in [-0.3, -0.25) is 0 Å². The standard InChI is InChI=1S/C12H16F3N3/c1-8-3-4-9(2)18(7-8)11-16-6-5-10(17-11)12(13,14)15/h5-6,8-9H,3-4,7H2,1-2H3. The highest BCUT2D eigenvalue weighted by molar-refractivity contribution is 5.33. The molecule has 0 bridgehead atoms. The van der Waals surface area contributed by atoms with Crippen LogP contribution in [0.5, 0.6) is 0 Å². The molecule has 100 valence electrons. The number of hydrogen-bond donors (Lipinski definition) is 0. The Kier molecular flexibility index (Phi) is 3.45. The summed E-state index contributed by atoms with van der Waals surface area (Å²) in [6, 6.07) is 1.09. The smallest absolute Gasteiger partial charge is 0.338 e. The fraction of sp³-hybridized carbons (Fsp3) is 0.667. The molecule has 1 aromatic heterocycles. The first kappa shape index (κ1) is 13.1. The lowest BCUT2D eigenvalue weighted by atomic mass is 9.95. The van der Waals surface area contributed by atoms with Crippen LogP contribution in [0.3, 0.4) is 0 Å². The average Bonchev–Trinajstić information content (AvgIpc) is 2.31. The summed E-state index contributed by atoms with van der Waals surface area (Å²) in [6.07, 6.45) is -1.18. The summed E-state index contributed by atoms with van der Waals surface area (Å²) in [7, 11) is 0. The molecule has 3 nitrogen and oxygen atoms in total. The Hall–Kier alpha value is -1.33. The highest BCUT2D eigenvalue weighted by Gasteiger charge is 2.34. The molecule has 2 unspecified atom stereocenters. The molecule has 0 aliphatic carbocycles. The van der Waals surface area contributed by atoms with E-state index in [0.29, 0.717) is 12.5 Å². The second-order valence-corrected chi connectivity index (χ2v) is 4.92. The summed E-state index contributed by atoms with van der Waals surface area (Å²) in [5.74, 6) is 0.642. The molecule has 2 heterocycles. The van der Waals surface area contributed by atoms with Crippen LogP contribution in [-0.2, 0) is 6.18 Å². The van der Waals surface area contributed by atoms with Gasteiger partial charge in [0.05, 0.1) is 0 Å². The first-order chi connectivity index (χ1) is 8.38. The van der Waals surface area contributed by atoms with Gasteiger partial charge in [-0.2, -0.15) is 13.2 Å². The van der Waals surface area contributed by atoms with Crippen LogP contribution in [0.15, 0.2) is 12.3 Å². The van der Waals surface area contributed by atoms with Crippen molar-refractivity contribution in [2.24, 2.45) is 5.92 Å². The molecule has 1 saturated heterocycles. The second-order valence-electron chi connectivity index (χ2n) is 4.92. The molecule has 1 aromatic rings. The van der Waals surface area contributed by atoms with Crippen LogP contribution >= 0.6 is 0 Å². The number of halogens is 3. The number of aromatic nitrogens is 2. The van der Waals surface area contributed by atoms with Crippen molar-refractivity contribution in [2.45, 2.75) is 38.9 Å². The minimum atomic E-state index is -4.41. The van der Waals surface area contributed by atoms with Crippen LogP contribution in [-0.4, -0.2) is 22.6 Å². The zero-order chi connectivity index (χ0) is 13.3. The summed E-state index contributed by atoms with van der Waals surface area (Å²) in [4.78, 5) is 9.48. The highest BCUT2D eigenvalue weighted by atomic mass is 19.4. The van der Waals surface area contributed by atoms with Gasteiger partial charge >= 0.3 is 6.18 Å². The summed E-state index contributed by atoms with van der Waals surface area (Å²) in [6.45, 7) is 4.80. The molecule has 0 aromatic carbocycles. The van der Waals surface area contributed by atoms with E-state index in [9.17, 15) is 13.2 Å². The van der Waals surface area contributed by atoms with Crippen molar-refractivity contribution in [2.75, 3.05) is 11.4 Å². The third-order valence-electron chi connectivity index (χ3n) is 3.31. The van der Waals surface area contributed by atoms with Gasteiger partial charge in [0, 0.05) is 18.8 Å². The van der Waals surface area contributed by atoms with Gasteiger partial charge in [-0.05, 0) is 31.7 Å². The van der Waals surface area contributed by atoms with Crippen LogP contribution in [0, 0.1) is 5.92 Å². The van der Waals surface area contributed by atoms with Gasteiger partial charge in [-0.15, -0.1) is 0 Å². The molecule has 2 rings (SSSR count). The maximum Gasteiger partial charge on any atom is 0.433 e. The summed E-state index contributed by atoms with van der Waals surface area (Å²) >= 11 is 0. The Morgan fingerprint density at radius 1 is 1.28 bits per heavy atom. The number of piperidine rings is 1. The SMILES string of the molecule is CC1CCC(C)N(c2nccc(C(F)(F)F)n2)C1. The molecule has 1 aliphatic rings. The van der Waals surface area contributed by atoms with Crippen LogP contribution in [0.4, 0.5) is 19.1 Å². The van der Waals surface area contributed by atoms with Crippen LogP contribution in [0.1, 0.15) is 32.4 Å². The maximum atomic E-state index is 12.6. The van der Waals surface area contributed by atoms with Crippen LogP contribution in [0.2, 0.25) is 0 Å². The van der Waals surface area contributed by atoms with E-state index in [2.05, 4.69) is 16.9 Å². The fourth-order valence-corrected chi connectivity index (χ4v) is 2.21. The number of nitrogens with zero attached hydrogens (tertiary/aromatic N) is 3. The van der Waals surface area contributed by atoms with Gasteiger partial charge in [0.15, 0.2) is 0 Å². The van der Waals surface area contributed by atoms with Gasteiger partial charge in [-0.25, -0.2) is 9.97 Å². The third kappa shape index (κ3) is 2.73. The molecule has 0 radical (unpaired) electrons. The molecule has 2 atom stereocenters. The first-order valence-electron chi connectivity index (χ1n) is 6.05. The topological polar surface area (TPSA) is 29.0 Å². The zero-order valence-corrected chi connectivity index (χ0v) is 10.4. The summed E-state index contributed by atoms with van der Waals surface area (Å²) < 4.78 is 37.8. The molecular weight excluding hydrogens is 243 g/mol. The van der Waals surface area contributed by atoms with Gasteiger partial charge < -0.3 is 4.90 Å². The van der Waals surface area contributed by atoms with Crippen molar-refractivity contribution >= 4 is 5.95 Å². The summed E-state index contributed by atoms with van der Waals surface area (Å²) in [5.41, 5.74) is -0.877. The van der Waals surface area contributed by atoms with E-state index < -0.39 is 11.9 Å². The Morgan fingerprint density at radius 2 is 2.00 bits per heavy atom. The Bertz CT molecular complexity index is 419. The van der Waals surface area contributed by atoms with Crippen molar-refractivity contribution in [1.29, 1.82) is 0 Å². The predicted molar refractivity (Wildman–Crippen MR) is 62.2 cm³/mol. The predicted octanol–water partition coefficient (Wildman–Crippen LogP) is 3.12. The second kappa shape index (κ2) is 4.74. The molecule has 0 N–H and O–H groups in total. The maximum absolute atomic E-state index is 12.6. The van der Waals surface area contributed by atoms with Crippen molar-refractivity contribution < 1.29 is 13.2 Å². The number of hydrogen-bond acceptors (Lipinski definition) is 3. The fourth-order valence-electron chi connectivity index (χ4n) is 2.21.